The summed E-state index contributed by atoms with van der Waals surface area (Å²) >= 11 is 1.16. The predicted molar refractivity (Wildman–Crippen MR) is 79.4 cm³/mol. The van der Waals surface area contributed by atoms with E-state index in [1.165, 1.54) is 12.1 Å². The van der Waals surface area contributed by atoms with Crippen molar-refractivity contribution in [2.24, 2.45) is 0 Å². The predicted octanol–water partition coefficient (Wildman–Crippen LogP) is 3.87. The van der Waals surface area contributed by atoms with Crippen LogP contribution in [0.4, 0.5) is 18.9 Å². The second-order valence-corrected chi connectivity index (χ2v) is 5.52. The van der Waals surface area contributed by atoms with Gasteiger partial charge in [-0.2, -0.15) is 13.2 Å². The van der Waals surface area contributed by atoms with Gasteiger partial charge in [0.1, 0.15) is 4.88 Å². The van der Waals surface area contributed by atoms with Gasteiger partial charge in [-0.15, -0.1) is 11.3 Å². The molecule has 0 radical (unpaired) electrons. The van der Waals surface area contributed by atoms with Gasteiger partial charge in [-0.05, 0) is 36.1 Å². The molecule has 0 saturated heterocycles. The van der Waals surface area contributed by atoms with E-state index >= 15 is 0 Å². The van der Waals surface area contributed by atoms with Crippen molar-refractivity contribution in [1.82, 2.24) is 0 Å². The normalized spacial score (nSPS) is 11.1. The maximum Gasteiger partial charge on any atom is 0.418 e. The van der Waals surface area contributed by atoms with Crippen LogP contribution < -0.4 is 5.32 Å². The SMILES string of the molecule is Cc1ccsc1C(=O)OCC(=O)Nc1ccccc1C(F)(F)F. The van der Waals surface area contributed by atoms with Crippen molar-refractivity contribution in [3.8, 4) is 0 Å². The highest BCUT2D eigenvalue weighted by Crippen LogP contribution is 2.34. The molecule has 0 atom stereocenters. The van der Waals surface area contributed by atoms with Crippen molar-refractivity contribution in [3.63, 3.8) is 0 Å². The zero-order chi connectivity index (χ0) is 17.0. The number of halogens is 3. The summed E-state index contributed by atoms with van der Waals surface area (Å²) in [6.07, 6.45) is -4.59. The number of esters is 1. The minimum Gasteiger partial charge on any atom is -0.451 e. The Labute approximate surface area is 133 Å². The molecule has 2 aromatic rings. The molecule has 1 aromatic carbocycles. The van der Waals surface area contributed by atoms with Gasteiger partial charge in [0.15, 0.2) is 6.61 Å². The van der Waals surface area contributed by atoms with Gasteiger partial charge in [-0.3, -0.25) is 4.79 Å². The maximum absolute atomic E-state index is 12.8. The van der Waals surface area contributed by atoms with Crippen molar-refractivity contribution in [2.45, 2.75) is 13.1 Å². The average molecular weight is 343 g/mol. The summed E-state index contributed by atoms with van der Waals surface area (Å²) in [5.74, 6) is -1.53. The van der Waals surface area contributed by atoms with Crippen molar-refractivity contribution < 1.29 is 27.5 Å². The molecule has 8 heteroatoms. The van der Waals surface area contributed by atoms with Gasteiger partial charge in [0, 0.05) is 0 Å². The number of carbonyl (C=O) groups excluding carboxylic acids is 2. The largest absolute Gasteiger partial charge is 0.451 e. The second-order valence-electron chi connectivity index (χ2n) is 4.60. The molecule has 0 unspecified atom stereocenters. The highest BCUT2D eigenvalue weighted by atomic mass is 32.1. The van der Waals surface area contributed by atoms with Gasteiger partial charge in [0.05, 0.1) is 11.3 Å². The third kappa shape index (κ3) is 4.32. The summed E-state index contributed by atoms with van der Waals surface area (Å²) in [7, 11) is 0. The molecular weight excluding hydrogens is 331 g/mol. The Morgan fingerprint density at radius 1 is 1.22 bits per heavy atom. The number of para-hydroxylation sites is 1. The van der Waals surface area contributed by atoms with Crippen molar-refractivity contribution in [1.29, 1.82) is 0 Å². The fourth-order valence-electron chi connectivity index (χ4n) is 1.80. The van der Waals surface area contributed by atoms with Crippen LogP contribution in [0.3, 0.4) is 0 Å². The standard InChI is InChI=1S/C15H12F3NO3S/c1-9-6-7-23-13(9)14(21)22-8-12(20)19-11-5-3-2-4-10(11)15(16,17)18/h2-7H,8H2,1H3,(H,19,20). The van der Waals surface area contributed by atoms with Gasteiger partial charge in [-0.1, -0.05) is 12.1 Å². The molecule has 0 aliphatic heterocycles. The number of anilines is 1. The quantitative estimate of drug-likeness (QED) is 0.858. The van der Waals surface area contributed by atoms with Gasteiger partial charge in [0.25, 0.3) is 5.91 Å². The number of carbonyl (C=O) groups is 2. The van der Waals surface area contributed by atoms with Crippen LogP contribution in [0.1, 0.15) is 20.8 Å². The van der Waals surface area contributed by atoms with E-state index in [-0.39, 0.29) is 5.69 Å². The Balaban J connectivity index is 1.99. The molecule has 1 N–H and O–H groups in total. The van der Waals surface area contributed by atoms with E-state index in [0.29, 0.717) is 10.4 Å². The molecule has 0 aliphatic rings. The number of amides is 1. The van der Waals surface area contributed by atoms with E-state index in [1.807, 2.05) is 0 Å². The number of nitrogens with one attached hydrogen (secondary N) is 1. The number of hydrogen-bond acceptors (Lipinski definition) is 4. The highest BCUT2D eigenvalue weighted by molar-refractivity contribution is 7.12. The molecule has 0 fully saturated rings. The van der Waals surface area contributed by atoms with Gasteiger partial charge < -0.3 is 10.1 Å². The van der Waals surface area contributed by atoms with Crippen molar-refractivity contribution in [2.75, 3.05) is 11.9 Å². The molecule has 0 aliphatic carbocycles. The third-order valence-corrected chi connectivity index (χ3v) is 3.88. The number of alkyl halides is 3. The van der Waals surface area contributed by atoms with Gasteiger partial charge >= 0.3 is 12.1 Å². The Morgan fingerprint density at radius 2 is 1.91 bits per heavy atom. The summed E-state index contributed by atoms with van der Waals surface area (Å²) in [5, 5.41) is 3.80. The zero-order valence-electron chi connectivity index (χ0n) is 11.9. The first-order valence-corrected chi connectivity index (χ1v) is 7.34. The monoisotopic (exact) mass is 343 g/mol. The van der Waals surface area contributed by atoms with Crippen LogP contribution in [0.25, 0.3) is 0 Å². The molecular formula is C15H12F3NO3S. The maximum atomic E-state index is 12.8. The molecule has 1 heterocycles. The number of hydrogen-bond donors (Lipinski definition) is 1. The highest BCUT2D eigenvalue weighted by Gasteiger charge is 2.33. The lowest BCUT2D eigenvalue weighted by Gasteiger charge is -2.13. The van der Waals surface area contributed by atoms with Crippen LogP contribution in [-0.2, 0) is 15.7 Å². The lowest BCUT2D eigenvalue weighted by molar-refractivity contribution is -0.137. The molecule has 2 rings (SSSR count). The summed E-state index contributed by atoms with van der Waals surface area (Å²) in [6.45, 7) is 1.05. The summed E-state index contributed by atoms with van der Waals surface area (Å²) in [4.78, 5) is 23.8. The molecule has 0 spiro atoms. The fourth-order valence-corrected chi connectivity index (χ4v) is 2.62. The molecule has 4 nitrogen and oxygen atoms in total. The van der Waals surface area contributed by atoms with E-state index in [4.69, 9.17) is 4.74 Å². The number of ether oxygens (including phenoxy) is 1. The van der Waals surface area contributed by atoms with Crippen LogP contribution >= 0.6 is 11.3 Å². The van der Waals surface area contributed by atoms with E-state index in [0.717, 1.165) is 23.5 Å². The van der Waals surface area contributed by atoms with Crippen LogP contribution in [0, 0.1) is 6.92 Å². The minimum absolute atomic E-state index is 0.355. The molecule has 23 heavy (non-hydrogen) atoms. The second kappa shape index (κ2) is 6.82. The number of aryl methyl sites for hydroxylation is 1. The molecule has 0 bridgehead atoms. The Bertz CT molecular complexity index is 725. The Hall–Kier alpha value is -2.35. The first-order chi connectivity index (χ1) is 10.8. The van der Waals surface area contributed by atoms with Gasteiger partial charge in [-0.25, -0.2) is 4.79 Å². The van der Waals surface area contributed by atoms with E-state index < -0.39 is 30.2 Å². The lowest BCUT2D eigenvalue weighted by Crippen LogP contribution is -2.22. The van der Waals surface area contributed by atoms with E-state index in [9.17, 15) is 22.8 Å². The van der Waals surface area contributed by atoms with Gasteiger partial charge in [0.2, 0.25) is 0 Å². The average Bonchev–Trinajstić information content (AvgIpc) is 2.90. The minimum atomic E-state index is -4.59. The first-order valence-electron chi connectivity index (χ1n) is 6.46. The Kier molecular flexibility index (Phi) is 5.05. The fraction of sp³-hybridized carbons (Fsp3) is 0.200. The number of thiophene rings is 1. The zero-order valence-corrected chi connectivity index (χ0v) is 12.8. The first kappa shape index (κ1) is 17.0. The summed E-state index contributed by atoms with van der Waals surface area (Å²) < 4.78 is 43.2. The molecule has 1 aromatic heterocycles. The van der Waals surface area contributed by atoms with E-state index in [2.05, 4.69) is 5.32 Å². The Morgan fingerprint density at radius 3 is 2.52 bits per heavy atom. The number of benzene rings is 1. The summed E-state index contributed by atoms with van der Waals surface area (Å²) in [5.41, 5.74) is -0.634. The van der Waals surface area contributed by atoms with Crippen molar-refractivity contribution >= 4 is 28.9 Å². The van der Waals surface area contributed by atoms with Crippen LogP contribution in [0.5, 0.6) is 0 Å². The third-order valence-electron chi connectivity index (χ3n) is 2.89. The van der Waals surface area contributed by atoms with Crippen LogP contribution in [0.2, 0.25) is 0 Å². The lowest BCUT2D eigenvalue weighted by atomic mass is 10.1. The molecule has 122 valence electrons. The van der Waals surface area contributed by atoms with Crippen molar-refractivity contribution in [3.05, 3.63) is 51.7 Å². The molecule has 0 saturated carbocycles. The molecule has 1 amide bonds. The summed E-state index contributed by atoms with van der Waals surface area (Å²) in [6, 6.07) is 6.30. The van der Waals surface area contributed by atoms with E-state index in [1.54, 1.807) is 18.4 Å². The van der Waals surface area contributed by atoms with Crippen LogP contribution in [-0.4, -0.2) is 18.5 Å². The number of rotatable bonds is 4. The van der Waals surface area contributed by atoms with Crippen LogP contribution in [0.15, 0.2) is 35.7 Å². The topological polar surface area (TPSA) is 55.4 Å². The smallest absolute Gasteiger partial charge is 0.418 e.